The molecule has 2 heterocycles. The molecule has 0 amide bonds. The number of oxazole rings is 1. The maximum Gasteiger partial charge on any atom is 0.232 e. The molecule has 0 unspecified atom stereocenters. The molecule has 5 nitrogen and oxygen atoms in total. The van der Waals surface area contributed by atoms with Gasteiger partial charge in [-0.3, -0.25) is 0 Å². The van der Waals surface area contributed by atoms with E-state index >= 15 is 0 Å². The number of nitrogens with zero attached hydrogens (tertiary/aromatic N) is 3. The van der Waals surface area contributed by atoms with Crippen LogP contribution < -0.4 is 5.32 Å². The van der Waals surface area contributed by atoms with Gasteiger partial charge in [0.05, 0.1) is 0 Å². The van der Waals surface area contributed by atoms with Crippen molar-refractivity contribution in [3.8, 4) is 6.07 Å². The van der Waals surface area contributed by atoms with E-state index in [0.717, 1.165) is 37.5 Å². The Morgan fingerprint density at radius 2 is 2.22 bits per heavy atom. The number of nitriles is 1. The summed E-state index contributed by atoms with van der Waals surface area (Å²) in [6, 6.07) is 6.08. The van der Waals surface area contributed by atoms with Gasteiger partial charge in [0, 0.05) is 17.5 Å². The molecule has 6 heteroatoms. The highest BCUT2D eigenvalue weighted by molar-refractivity contribution is 7.10. The van der Waals surface area contributed by atoms with Gasteiger partial charge in [0.25, 0.3) is 0 Å². The van der Waals surface area contributed by atoms with Gasteiger partial charge >= 0.3 is 0 Å². The van der Waals surface area contributed by atoms with Crippen molar-refractivity contribution in [1.29, 1.82) is 5.26 Å². The van der Waals surface area contributed by atoms with Crippen LogP contribution in [0.3, 0.4) is 0 Å². The van der Waals surface area contributed by atoms with Crippen LogP contribution in [-0.2, 0) is 0 Å². The molecule has 122 valence electrons. The summed E-state index contributed by atoms with van der Waals surface area (Å²) < 4.78 is 5.62. The standard InChI is InChI=1S/C17H22N4OS/c1-3-21(4-2)11-6-10-19-17-15(13-18)20-16(22-17)9-8-14-7-5-12-23-14/h5,7-9,12,19H,3-4,6,10-11H2,1-2H3. The minimum Gasteiger partial charge on any atom is -0.420 e. The third-order valence-electron chi connectivity index (χ3n) is 3.51. The van der Waals surface area contributed by atoms with Crippen molar-refractivity contribution < 1.29 is 4.42 Å². The lowest BCUT2D eigenvalue weighted by molar-refractivity contribution is 0.302. The van der Waals surface area contributed by atoms with E-state index in [2.05, 4.69) is 35.1 Å². The first kappa shape index (κ1) is 17.3. The van der Waals surface area contributed by atoms with Crippen LogP contribution in [0.25, 0.3) is 12.2 Å². The first-order valence-corrected chi connectivity index (χ1v) is 8.73. The number of anilines is 1. The highest BCUT2D eigenvalue weighted by Gasteiger charge is 2.11. The van der Waals surface area contributed by atoms with E-state index < -0.39 is 0 Å². The molecule has 0 fully saturated rings. The zero-order valence-corrected chi connectivity index (χ0v) is 14.4. The van der Waals surface area contributed by atoms with Crippen LogP contribution in [0.4, 0.5) is 5.88 Å². The maximum absolute atomic E-state index is 9.16. The lowest BCUT2D eigenvalue weighted by Gasteiger charge is -2.17. The Labute approximate surface area is 141 Å². The fourth-order valence-corrected chi connectivity index (χ4v) is 2.81. The molecule has 0 aromatic carbocycles. The van der Waals surface area contributed by atoms with E-state index in [-0.39, 0.29) is 0 Å². The van der Waals surface area contributed by atoms with Crippen molar-refractivity contribution >= 4 is 29.4 Å². The molecule has 2 aromatic rings. The summed E-state index contributed by atoms with van der Waals surface area (Å²) in [5.74, 6) is 0.902. The molecule has 0 spiro atoms. The zero-order chi connectivity index (χ0) is 16.5. The molecular weight excluding hydrogens is 308 g/mol. The fraction of sp³-hybridized carbons (Fsp3) is 0.412. The van der Waals surface area contributed by atoms with Gasteiger partial charge in [-0.05, 0) is 43.6 Å². The minimum absolute atomic E-state index is 0.304. The van der Waals surface area contributed by atoms with Crippen molar-refractivity contribution in [2.24, 2.45) is 0 Å². The Bertz CT molecular complexity index is 651. The van der Waals surface area contributed by atoms with Gasteiger partial charge in [0.15, 0.2) is 0 Å². The molecule has 0 aliphatic carbocycles. The SMILES string of the molecule is CCN(CC)CCCNc1oc(C=Cc2cccs2)nc1C#N. The third kappa shape index (κ3) is 5.23. The molecule has 1 N–H and O–H groups in total. The number of thiophene rings is 1. The van der Waals surface area contributed by atoms with E-state index in [1.807, 2.05) is 23.6 Å². The highest BCUT2D eigenvalue weighted by Crippen LogP contribution is 2.19. The summed E-state index contributed by atoms with van der Waals surface area (Å²) in [5, 5.41) is 14.3. The van der Waals surface area contributed by atoms with Crippen LogP contribution in [-0.4, -0.2) is 36.1 Å². The summed E-state index contributed by atoms with van der Waals surface area (Å²) >= 11 is 1.64. The molecular formula is C17H22N4OS. The number of rotatable bonds is 9. The molecule has 2 aromatic heterocycles. The van der Waals surface area contributed by atoms with Gasteiger partial charge in [0.2, 0.25) is 17.5 Å². The Morgan fingerprint density at radius 1 is 1.39 bits per heavy atom. The molecule has 0 saturated heterocycles. The Morgan fingerprint density at radius 3 is 2.87 bits per heavy atom. The molecule has 0 bridgehead atoms. The van der Waals surface area contributed by atoms with Gasteiger partial charge in [0.1, 0.15) is 6.07 Å². The monoisotopic (exact) mass is 330 g/mol. The van der Waals surface area contributed by atoms with E-state index in [1.165, 1.54) is 0 Å². The first-order chi connectivity index (χ1) is 11.3. The summed E-state index contributed by atoms with van der Waals surface area (Å²) in [4.78, 5) is 7.68. The normalized spacial score (nSPS) is 11.2. The average Bonchev–Trinajstić information content (AvgIpc) is 3.22. The molecule has 2 rings (SSSR count). The van der Waals surface area contributed by atoms with Gasteiger partial charge in [-0.25, -0.2) is 0 Å². The highest BCUT2D eigenvalue weighted by atomic mass is 32.1. The summed E-state index contributed by atoms with van der Waals surface area (Å²) in [6.07, 6.45) is 4.71. The largest absolute Gasteiger partial charge is 0.420 e. The fourth-order valence-electron chi connectivity index (χ4n) is 2.19. The first-order valence-electron chi connectivity index (χ1n) is 7.85. The lowest BCUT2D eigenvalue weighted by atomic mass is 10.3. The van der Waals surface area contributed by atoms with Crippen molar-refractivity contribution in [1.82, 2.24) is 9.88 Å². The van der Waals surface area contributed by atoms with Crippen molar-refractivity contribution in [3.63, 3.8) is 0 Å². The molecule has 0 atom stereocenters. The maximum atomic E-state index is 9.16. The van der Waals surface area contributed by atoms with Gasteiger partial charge in [-0.1, -0.05) is 19.9 Å². The predicted molar refractivity (Wildman–Crippen MR) is 95.4 cm³/mol. The van der Waals surface area contributed by atoms with E-state index in [0.29, 0.717) is 17.5 Å². The van der Waals surface area contributed by atoms with Crippen LogP contribution in [0.2, 0.25) is 0 Å². The van der Waals surface area contributed by atoms with Crippen molar-refractivity contribution in [2.75, 3.05) is 31.5 Å². The molecule has 0 saturated carbocycles. The second kappa shape index (κ2) is 9.13. The zero-order valence-electron chi connectivity index (χ0n) is 13.6. The Kier molecular flexibility index (Phi) is 6.85. The quantitative estimate of drug-likeness (QED) is 0.706. The Balaban J connectivity index is 1.90. The van der Waals surface area contributed by atoms with Crippen LogP contribution in [0, 0.1) is 11.3 Å². The van der Waals surface area contributed by atoms with Crippen molar-refractivity contribution in [2.45, 2.75) is 20.3 Å². The average molecular weight is 330 g/mol. The summed E-state index contributed by atoms with van der Waals surface area (Å²) in [7, 11) is 0. The molecule has 0 aliphatic rings. The van der Waals surface area contributed by atoms with Crippen LogP contribution in [0.1, 0.15) is 36.7 Å². The van der Waals surface area contributed by atoms with Gasteiger partial charge in [-0.15, -0.1) is 11.3 Å². The van der Waals surface area contributed by atoms with Gasteiger partial charge in [-0.2, -0.15) is 10.2 Å². The molecule has 0 aliphatic heterocycles. The number of hydrogen-bond donors (Lipinski definition) is 1. The molecule has 0 radical (unpaired) electrons. The third-order valence-corrected chi connectivity index (χ3v) is 4.35. The number of hydrogen-bond acceptors (Lipinski definition) is 6. The topological polar surface area (TPSA) is 65.1 Å². The smallest absolute Gasteiger partial charge is 0.232 e. The summed E-state index contributed by atoms with van der Waals surface area (Å²) in [5.41, 5.74) is 0.304. The summed E-state index contributed by atoms with van der Waals surface area (Å²) in [6.45, 7) is 8.22. The van der Waals surface area contributed by atoms with Crippen LogP contribution in [0.5, 0.6) is 0 Å². The predicted octanol–water partition coefficient (Wildman–Crippen LogP) is 3.92. The minimum atomic E-state index is 0.304. The van der Waals surface area contributed by atoms with E-state index in [9.17, 15) is 0 Å². The Hall–Kier alpha value is -2.10. The second-order valence-electron chi connectivity index (χ2n) is 5.00. The number of aromatic nitrogens is 1. The molecule has 23 heavy (non-hydrogen) atoms. The second-order valence-corrected chi connectivity index (χ2v) is 5.98. The van der Waals surface area contributed by atoms with Crippen LogP contribution >= 0.6 is 11.3 Å². The van der Waals surface area contributed by atoms with Crippen LogP contribution in [0.15, 0.2) is 21.9 Å². The van der Waals surface area contributed by atoms with E-state index in [1.54, 1.807) is 17.4 Å². The lowest BCUT2D eigenvalue weighted by Crippen LogP contribution is -2.25. The van der Waals surface area contributed by atoms with Crippen molar-refractivity contribution in [3.05, 3.63) is 34.0 Å². The van der Waals surface area contributed by atoms with E-state index in [4.69, 9.17) is 9.68 Å². The number of nitrogens with one attached hydrogen (secondary N) is 1. The van der Waals surface area contributed by atoms with Gasteiger partial charge < -0.3 is 14.6 Å².